The molecule has 0 bridgehead atoms. The van der Waals surface area contributed by atoms with Crippen LogP contribution >= 0.6 is 11.3 Å². The van der Waals surface area contributed by atoms with E-state index in [-0.39, 0.29) is 29.8 Å². The summed E-state index contributed by atoms with van der Waals surface area (Å²) in [6, 6.07) is 19.1. The Labute approximate surface area is 240 Å². The first kappa shape index (κ1) is 27.0. The molecular weight excluding hydrogens is 520 g/mol. The molecule has 1 aromatic heterocycles. The Morgan fingerprint density at radius 2 is 1.73 bits per heavy atom. The Morgan fingerprint density at radius 3 is 2.45 bits per heavy atom. The van der Waals surface area contributed by atoms with Crippen LogP contribution < -0.4 is 16.0 Å². The highest BCUT2D eigenvalue weighted by Crippen LogP contribution is 2.36. The standard InChI is InChI=1S/C32H38N4O3S/c33-26-9-11-27(12-10-26)36(32(38)30-5-2-18-40-30)21-22-3-1-4-24(19-22)25-8-13-29(35-14-16-39-17-15-35)28(20-25)34-31(37)23-6-7-23/h1-5,8,13,18-20,23,26-27H,6-7,9-12,14-17,21,33H2,(H,34,37). The fourth-order valence-corrected chi connectivity index (χ4v) is 6.52. The van der Waals surface area contributed by atoms with Crippen molar-refractivity contribution < 1.29 is 14.3 Å². The Kier molecular flexibility index (Phi) is 8.18. The smallest absolute Gasteiger partial charge is 0.264 e. The molecule has 7 nitrogen and oxygen atoms in total. The van der Waals surface area contributed by atoms with Gasteiger partial charge in [-0.3, -0.25) is 9.59 Å². The van der Waals surface area contributed by atoms with Crippen LogP contribution in [0.15, 0.2) is 60.0 Å². The maximum absolute atomic E-state index is 13.6. The molecule has 1 saturated heterocycles. The summed E-state index contributed by atoms with van der Waals surface area (Å²) in [4.78, 5) is 31.5. The highest BCUT2D eigenvalue weighted by molar-refractivity contribution is 7.12. The first-order valence-electron chi connectivity index (χ1n) is 14.5. The van der Waals surface area contributed by atoms with E-state index in [4.69, 9.17) is 10.5 Å². The monoisotopic (exact) mass is 558 g/mol. The molecule has 6 rings (SSSR count). The number of carbonyl (C=O) groups excluding carboxylic acids is 2. The van der Waals surface area contributed by atoms with Crippen LogP contribution in [0.25, 0.3) is 11.1 Å². The van der Waals surface area contributed by atoms with Gasteiger partial charge in [0.1, 0.15) is 0 Å². The third-order valence-electron chi connectivity index (χ3n) is 8.34. The second kappa shape index (κ2) is 12.1. The highest BCUT2D eigenvalue weighted by Gasteiger charge is 2.31. The number of hydrogen-bond donors (Lipinski definition) is 2. The molecule has 210 valence electrons. The van der Waals surface area contributed by atoms with Gasteiger partial charge in [-0.1, -0.05) is 30.3 Å². The van der Waals surface area contributed by atoms with Crippen molar-refractivity contribution in [2.75, 3.05) is 36.5 Å². The molecule has 0 radical (unpaired) electrons. The van der Waals surface area contributed by atoms with Crippen molar-refractivity contribution in [2.45, 2.75) is 57.2 Å². The molecule has 2 aromatic carbocycles. The van der Waals surface area contributed by atoms with Crippen molar-refractivity contribution in [3.05, 3.63) is 70.4 Å². The summed E-state index contributed by atoms with van der Waals surface area (Å²) >= 11 is 1.50. The van der Waals surface area contributed by atoms with E-state index >= 15 is 0 Å². The summed E-state index contributed by atoms with van der Waals surface area (Å²) in [6.07, 6.45) is 5.70. The maximum Gasteiger partial charge on any atom is 0.264 e. The average molecular weight is 559 g/mol. The van der Waals surface area contributed by atoms with E-state index in [9.17, 15) is 9.59 Å². The summed E-state index contributed by atoms with van der Waals surface area (Å²) < 4.78 is 5.56. The first-order chi connectivity index (χ1) is 19.5. The number of carbonyl (C=O) groups is 2. The first-order valence-corrected chi connectivity index (χ1v) is 15.4. The van der Waals surface area contributed by atoms with Gasteiger partial charge < -0.3 is 25.6 Å². The van der Waals surface area contributed by atoms with Crippen LogP contribution in [0.2, 0.25) is 0 Å². The van der Waals surface area contributed by atoms with Crippen molar-refractivity contribution in [1.82, 2.24) is 4.90 Å². The number of hydrogen-bond acceptors (Lipinski definition) is 6. The number of nitrogens with two attached hydrogens (primary N) is 1. The van der Waals surface area contributed by atoms with Crippen LogP contribution in [-0.2, 0) is 16.1 Å². The molecule has 2 amide bonds. The number of morpholine rings is 1. The largest absolute Gasteiger partial charge is 0.378 e. The summed E-state index contributed by atoms with van der Waals surface area (Å²) in [5, 5.41) is 5.18. The van der Waals surface area contributed by atoms with Gasteiger partial charge >= 0.3 is 0 Å². The van der Waals surface area contributed by atoms with Crippen LogP contribution in [-0.4, -0.2) is 55.1 Å². The van der Waals surface area contributed by atoms with Gasteiger partial charge in [-0.15, -0.1) is 11.3 Å². The van der Waals surface area contributed by atoms with Gasteiger partial charge in [0, 0.05) is 37.6 Å². The molecule has 8 heteroatoms. The lowest BCUT2D eigenvalue weighted by Gasteiger charge is -2.36. The molecule has 0 spiro atoms. The lowest BCUT2D eigenvalue weighted by Crippen LogP contribution is -2.43. The number of ether oxygens (including phenoxy) is 1. The van der Waals surface area contributed by atoms with Gasteiger partial charge in [0.25, 0.3) is 5.91 Å². The molecule has 3 N–H and O–H groups in total. The quantitative estimate of drug-likeness (QED) is 0.381. The van der Waals surface area contributed by atoms with Crippen molar-refractivity contribution in [3.63, 3.8) is 0 Å². The van der Waals surface area contributed by atoms with E-state index in [1.807, 2.05) is 17.5 Å². The minimum absolute atomic E-state index is 0.0980. The van der Waals surface area contributed by atoms with E-state index in [1.54, 1.807) is 0 Å². The van der Waals surface area contributed by atoms with Crippen LogP contribution in [0.4, 0.5) is 11.4 Å². The summed E-state index contributed by atoms with van der Waals surface area (Å²) in [5.74, 6) is 0.335. The number of nitrogens with one attached hydrogen (secondary N) is 1. The van der Waals surface area contributed by atoms with Crippen molar-refractivity contribution in [2.24, 2.45) is 11.7 Å². The molecule has 3 aliphatic rings. The van der Waals surface area contributed by atoms with Crippen LogP contribution in [0.3, 0.4) is 0 Å². The Balaban J connectivity index is 1.27. The predicted octanol–water partition coefficient (Wildman–Crippen LogP) is 5.51. The van der Waals surface area contributed by atoms with Gasteiger partial charge in [-0.2, -0.15) is 0 Å². The number of nitrogens with zero attached hydrogens (tertiary/aromatic N) is 2. The van der Waals surface area contributed by atoms with Crippen LogP contribution in [0.5, 0.6) is 0 Å². The fraction of sp³-hybridized carbons (Fsp3) is 0.438. The van der Waals surface area contributed by atoms with Gasteiger partial charge in [0.2, 0.25) is 5.91 Å². The minimum atomic E-state index is 0.0980. The fourth-order valence-electron chi connectivity index (χ4n) is 5.84. The third-order valence-corrected chi connectivity index (χ3v) is 9.20. The van der Waals surface area contributed by atoms with Gasteiger partial charge in [-0.25, -0.2) is 0 Å². The van der Waals surface area contributed by atoms with Crippen LogP contribution in [0.1, 0.15) is 53.8 Å². The normalized spacial score (nSPS) is 21.2. The number of amides is 2. The zero-order valence-electron chi connectivity index (χ0n) is 22.9. The average Bonchev–Trinajstić information content (AvgIpc) is 3.70. The number of rotatable bonds is 8. The SMILES string of the molecule is NC1CCC(N(Cc2cccc(-c3ccc(N4CCOCC4)c(NC(=O)C4CC4)c3)c2)C(=O)c2cccs2)CC1. The molecule has 1 aliphatic heterocycles. The van der Waals surface area contributed by atoms with Crippen molar-refractivity contribution >= 4 is 34.5 Å². The number of benzene rings is 2. The predicted molar refractivity (Wildman–Crippen MR) is 161 cm³/mol. The van der Waals surface area contributed by atoms with E-state index in [0.29, 0.717) is 19.8 Å². The lowest BCUT2D eigenvalue weighted by atomic mass is 9.90. The Morgan fingerprint density at radius 1 is 0.950 bits per heavy atom. The summed E-state index contributed by atoms with van der Waals surface area (Å²) in [5.41, 5.74) is 11.3. The van der Waals surface area contributed by atoms with Crippen LogP contribution in [0, 0.1) is 5.92 Å². The second-order valence-corrected chi connectivity index (χ2v) is 12.2. The minimum Gasteiger partial charge on any atom is -0.378 e. The molecule has 2 aliphatic carbocycles. The molecule has 3 fully saturated rings. The zero-order valence-corrected chi connectivity index (χ0v) is 23.7. The molecule has 0 atom stereocenters. The second-order valence-electron chi connectivity index (χ2n) is 11.3. The van der Waals surface area contributed by atoms with Gasteiger partial charge in [0.15, 0.2) is 0 Å². The van der Waals surface area contributed by atoms with E-state index in [2.05, 4.69) is 57.6 Å². The molecule has 0 unspecified atom stereocenters. The molecule has 2 saturated carbocycles. The molecule has 40 heavy (non-hydrogen) atoms. The van der Waals surface area contributed by atoms with E-state index in [1.165, 1.54) is 11.3 Å². The number of anilines is 2. The van der Waals surface area contributed by atoms with Gasteiger partial charge in [-0.05, 0) is 84.9 Å². The van der Waals surface area contributed by atoms with Gasteiger partial charge in [0.05, 0.1) is 29.5 Å². The molecule has 3 aromatic rings. The summed E-state index contributed by atoms with van der Waals surface area (Å²) in [7, 11) is 0. The van der Waals surface area contributed by atoms with Crippen molar-refractivity contribution in [3.8, 4) is 11.1 Å². The molecular formula is C32H38N4O3S. The van der Waals surface area contributed by atoms with E-state index in [0.717, 1.165) is 84.6 Å². The van der Waals surface area contributed by atoms with Crippen molar-refractivity contribution in [1.29, 1.82) is 0 Å². The zero-order chi connectivity index (χ0) is 27.5. The topological polar surface area (TPSA) is 87.9 Å². The highest BCUT2D eigenvalue weighted by atomic mass is 32.1. The lowest BCUT2D eigenvalue weighted by molar-refractivity contribution is -0.117. The van der Waals surface area contributed by atoms with E-state index < -0.39 is 0 Å². The maximum atomic E-state index is 13.6. The Hall–Kier alpha value is -3.20. The Bertz CT molecular complexity index is 1330. The molecule has 2 heterocycles. The third kappa shape index (κ3) is 6.24. The number of thiophene rings is 1. The summed E-state index contributed by atoms with van der Waals surface area (Å²) in [6.45, 7) is 3.55.